The van der Waals surface area contributed by atoms with Gasteiger partial charge in [0.25, 0.3) is 0 Å². The van der Waals surface area contributed by atoms with E-state index in [0.717, 1.165) is 51.1 Å². The van der Waals surface area contributed by atoms with Gasteiger partial charge in [0.05, 0.1) is 0 Å². The van der Waals surface area contributed by atoms with Crippen molar-refractivity contribution in [1.29, 1.82) is 0 Å². The zero-order valence-electron chi connectivity index (χ0n) is 12.1. The number of piperazine rings is 1. The van der Waals surface area contributed by atoms with Gasteiger partial charge in [0.2, 0.25) is 5.91 Å². The van der Waals surface area contributed by atoms with E-state index >= 15 is 0 Å². The lowest BCUT2D eigenvalue weighted by atomic mass is 10.0. The molecule has 3 aliphatic rings. The van der Waals surface area contributed by atoms with E-state index in [2.05, 4.69) is 16.7 Å². The third-order valence-electron chi connectivity index (χ3n) is 5.25. The molecule has 0 aromatic carbocycles. The standard InChI is InChI=1S/C15H27N3O/c1-11(9-16)10-17-2-4-18(5-3-17)15(19)14-7-12-6-13(12)8-14/h11-14H,2-10,16H2,1H3. The average molecular weight is 265 g/mol. The highest BCUT2D eigenvalue weighted by Gasteiger charge is 2.48. The predicted molar refractivity (Wildman–Crippen MR) is 75.6 cm³/mol. The zero-order valence-corrected chi connectivity index (χ0v) is 12.1. The lowest BCUT2D eigenvalue weighted by Crippen LogP contribution is -2.51. The second-order valence-electron chi connectivity index (χ2n) is 6.89. The first-order chi connectivity index (χ1) is 9.17. The van der Waals surface area contributed by atoms with Gasteiger partial charge in [-0.3, -0.25) is 9.69 Å². The van der Waals surface area contributed by atoms with Gasteiger partial charge < -0.3 is 10.6 Å². The fourth-order valence-corrected chi connectivity index (χ4v) is 3.84. The van der Waals surface area contributed by atoms with Gasteiger partial charge in [-0.15, -0.1) is 0 Å². The van der Waals surface area contributed by atoms with Crippen molar-refractivity contribution in [2.75, 3.05) is 39.3 Å². The highest BCUT2D eigenvalue weighted by Crippen LogP contribution is 2.54. The van der Waals surface area contributed by atoms with Crippen LogP contribution in [0.4, 0.5) is 0 Å². The summed E-state index contributed by atoms with van der Waals surface area (Å²) in [7, 11) is 0. The number of rotatable bonds is 4. The van der Waals surface area contributed by atoms with Crippen molar-refractivity contribution >= 4 is 5.91 Å². The number of carbonyl (C=O) groups excluding carboxylic acids is 1. The monoisotopic (exact) mass is 265 g/mol. The molecule has 0 radical (unpaired) electrons. The smallest absolute Gasteiger partial charge is 0.225 e. The first-order valence-electron chi connectivity index (χ1n) is 7.88. The molecule has 3 rings (SSSR count). The fourth-order valence-electron chi connectivity index (χ4n) is 3.84. The summed E-state index contributed by atoms with van der Waals surface area (Å²) in [6.07, 6.45) is 3.75. The minimum Gasteiger partial charge on any atom is -0.340 e. The average Bonchev–Trinajstić information content (AvgIpc) is 3.05. The largest absolute Gasteiger partial charge is 0.340 e. The molecule has 2 saturated carbocycles. The van der Waals surface area contributed by atoms with Gasteiger partial charge in [-0.1, -0.05) is 6.92 Å². The van der Waals surface area contributed by atoms with Crippen LogP contribution in [-0.4, -0.2) is 55.0 Å². The van der Waals surface area contributed by atoms with E-state index < -0.39 is 0 Å². The molecule has 0 aromatic heterocycles. The summed E-state index contributed by atoms with van der Waals surface area (Å²) < 4.78 is 0. The van der Waals surface area contributed by atoms with Gasteiger partial charge in [0.1, 0.15) is 0 Å². The molecule has 0 spiro atoms. The van der Waals surface area contributed by atoms with Gasteiger partial charge in [-0.25, -0.2) is 0 Å². The molecule has 4 heteroatoms. The maximum Gasteiger partial charge on any atom is 0.225 e. The topological polar surface area (TPSA) is 49.6 Å². The van der Waals surface area contributed by atoms with Crippen LogP contribution in [0.5, 0.6) is 0 Å². The molecule has 1 heterocycles. The third kappa shape index (κ3) is 2.95. The number of nitrogens with zero attached hydrogens (tertiary/aromatic N) is 2. The van der Waals surface area contributed by atoms with Crippen LogP contribution in [-0.2, 0) is 4.79 Å². The van der Waals surface area contributed by atoms with Crippen LogP contribution in [0, 0.1) is 23.7 Å². The predicted octanol–water partition coefficient (Wildman–Crippen LogP) is 0.772. The van der Waals surface area contributed by atoms with Crippen LogP contribution in [0.3, 0.4) is 0 Å². The van der Waals surface area contributed by atoms with Crippen LogP contribution in [0.25, 0.3) is 0 Å². The Morgan fingerprint density at radius 2 is 1.79 bits per heavy atom. The molecular formula is C15H27N3O. The van der Waals surface area contributed by atoms with Crippen LogP contribution in [0.1, 0.15) is 26.2 Å². The molecule has 1 amide bonds. The number of carbonyl (C=O) groups is 1. The molecule has 2 N–H and O–H groups in total. The van der Waals surface area contributed by atoms with Crippen LogP contribution in [0.2, 0.25) is 0 Å². The highest BCUT2D eigenvalue weighted by molar-refractivity contribution is 5.79. The Hall–Kier alpha value is -0.610. The molecule has 2 aliphatic carbocycles. The molecule has 3 fully saturated rings. The fraction of sp³-hybridized carbons (Fsp3) is 0.933. The SMILES string of the molecule is CC(CN)CN1CCN(C(=O)C2CC3CC3C2)CC1. The maximum atomic E-state index is 12.4. The Morgan fingerprint density at radius 1 is 1.16 bits per heavy atom. The second kappa shape index (κ2) is 5.41. The first-order valence-corrected chi connectivity index (χ1v) is 7.88. The normalized spacial score (nSPS) is 36.1. The number of fused-ring (bicyclic) bond motifs is 1. The van der Waals surface area contributed by atoms with Crippen molar-refractivity contribution in [3.63, 3.8) is 0 Å². The summed E-state index contributed by atoms with van der Waals surface area (Å²) in [6, 6.07) is 0. The van der Waals surface area contributed by atoms with E-state index in [4.69, 9.17) is 5.73 Å². The van der Waals surface area contributed by atoms with Crippen molar-refractivity contribution in [3.8, 4) is 0 Å². The third-order valence-corrected chi connectivity index (χ3v) is 5.25. The van der Waals surface area contributed by atoms with E-state index in [1.807, 2.05) is 0 Å². The summed E-state index contributed by atoms with van der Waals surface area (Å²) in [4.78, 5) is 17.0. The summed E-state index contributed by atoms with van der Waals surface area (Å²) in [5.74, 6) is 3.17. The zero-order chi connectivity index (χ0) is 13.4. The Kier molecular flexibility index (Phi) is 3.81. The van der Waals surface area contributed by atoms with E-state index in [9.17, 15) is 4.79 Å². The van der Waals surface area contributed by atoms with Crippen molar-refractivity contribution in [2.24, 2.45) is 29.4 Å². The van der Waals surface area contributed by atoms with Crippen molar-refractivity contribution in [1.82, 2.24) is 9.80 Å². The minimum atomic E-state index is 0.360. The summed E-state index contributed by atoms with van der Waals surface area (Å²) in [5, 5.41) is 0. The molecule has 108 valence electrons. The number of amides is 1. The van der Waals surface area contributed by atoms with Gasteiger partial charge >= 0.3 is 0 Å². The first kappa shape index (κ1) is 13.4. The summed E-state index contributed by atoms with van der Waals surface area (Å²) in [5.41, 5.74) is 5.67. The Bertz CT molecular complexity index is 328. The van der Waals surface area contributed by atoms with Crippen molar-refractivity contribution < 1.29 is 4.79 Å². The molecule has 0 bridgehead atoms. The van der Waals surface area contributed by atoms with Crippen molar-refractivity contribution in [2.45, 2.75) is 26.2 Å². The molecule has 1 saturated heterocycles. The van der Waals surface area contributed by atoms with Crippen LogP contribution in [0.15, 0.2) is 0 Å². The Balaban J connectivity index is 1.43. The highest BCUT2D eigenvalue weighted by atomic mass is 16.2. The quantitative estimate of drug-likeness (QED) is 0.817. The molecule has 19 heavy (non-hydrogen) atoms. The van der Waals surface area contributed by atoms with Crippen LogP contribution < -0.4 is 5.73 Å². The lowest BCUT2D eigenvalue weighted by Gasteiger charge is -2.37. The molecule has 3 unspecified atom stereocenters. The second-order valence-corrected chi connectivity index (χ2v) is 6.89. The maximum absolute atomic E-state index is 12.4. The van der Waals surface area contributed by atoms with E-state index in [1.165, 1.54) is 19.3 Å². The summed E-state index contributed by atoms with van der Waals surface area (Å²) >= 11 is 0. The summed E-state index contributed by atoms with van der Waals surface area (Å²) in [6.45, 7) is 7.91. The number of hydrogen-bond donors (Lipinski definition) is 1. The Labute approximate surface area is 116 Å². The molecular weight excluding hydrogens is 238 g/mol. The van der Waals surface area contributed by atoms with Gasteiger partial charge in [-0.05, 0) is 43.6 Å². The molecule has 3 atom stereocenters. The number of nitrogens with two attached hydrogens (primary N) is 1. The van der Waals surface area contributed by atoms with Crippen LogP contribution >= 0.6 is 0 Å². The number of hydrogen-bond acceptors (Lipinski definition) is 3. The molecule has 4 nitrogen and oxygen atoms in total. The van der Waals surface area contributed by atoms with Gasteiger partial charge in [0, 0.05) is 38.6 Å². The van der Waals surface area contributed by atoms with Gasteiger partial charge in [-0.2, -0.15) is 0 Å². The lowest BCUT2D eigenvalue weighted by molar-refractivity contribution is -0.137. The molecule has 1 aliphatic heterocycles. The molecule has 0 aromatic rings. The van der Waals surface area contributed by atoms with Crippen molar-refractivity contribution in [3.05, 3.63) is 0 Å². The Morgan fingerprint density at radius 3 is 2.37 bits per heavy atom. The minimum absolute atomic E-state index is 0.360. The van der Waals surface area contributed by atoms with E-state index in [1.54, 1.807) is 0 Å². The van der Waals surface area contributed by atoms with E-state index in [-0.39, 0.29) is 0 Å². The van der Waals surface area contributed by atoms with E-state index in [0.29, 0.717) is 17.7 Å². The van der Waals surface area contributed by atoms with Gasteiger partial charge in [0.15, 0.2) is 0 Å².